The predicted octanol–water partition coefficient (Wildman–Crippen LogP) is 0.897. The van der Waals surface area contributed by atoms with Gasteiger partial charge in [0.15, 0.2) is 0 Å². The van der Waals surface area contributed by atoms with Crippen molar-refractivity contribution in [3.05, 3.63) is 48.5 Å². The summed E-state index contributed by atoms with van der Waals surface area (Å²) >= 11 is 0. The molecular weight excluding hydrogens is 241 g/mol. The van der Waals surface area contributed by atoms with Crippen LogP contribution in [0.15, 0.2) is 48.5 Å². The Kier molecular flexibility index (Phi) is 3.15. The van der Waals surface area contributed by atoms with Gasteiger partial charge in [0.25, 0.3) is 0 Å². The van der Waals surface area contributed by atoms with E-state index >= 15 is 0 Å². The molecule has 3 rings (SSSR count). The number of para-hydroxylation sites is 3. The lowest BCUT2D eigenvalue weighted by atomic mass is 9.78. The summed E-state index contributed by atoms with van der Waals surface area (Å²) in [5, 5.41) is 19.0. The summed E-state index contributed by atoms with van der Waals surface area (Å²) in [5.74, 6) is 0.816. The molecule has 96 valence electrons. The van der Waals surface area contributed by atoms with Gasteiger partial charge in [0.05, 0.1) is 12.2 Å². The van der Waals surface area contributed by atoms with Crippen LogP contribution in [-0.4, -0.2) is 30.3 Å². The van der Waals surface area contributed by atoms with Crippen LogP contribution in [0.2, 0.25) is 0 Å². The van der Waals surface area contributed by atoms with Gasteiger partial charge in [-0.3, -0.25) is 0 Å². The van der Waals surface area contributed by atoms with E-state index < -0.39 is 7.12 Å². The molecule has 1 aliphatic heterocycles. The van der Waals surface area contributed by atoms with Crippen molar-refractivity contribution in [2.75, 3.05) is 18.1 Å². The molecule has 5 heteroatoms. The number of rotatable bonds is 2. The Morgan fingerprint density at radius 3 is 2.42 bits per heavy atom. The molecule has 0 aromatic heterocycles. The number of anilines is 2. The molecule has 0 saturated heterocycles. The summed E-state index contributed by atoms with van der Waals surface area (Å²) in [4.78, 5) is 2.05. The van der Waals surface area contributed by atoms with Crippen LogP contribution in [0.5, 0.6) is 5.75 Å². The van der Waals surface area contributed by atoms with Crippen molar-refractivity contribution in [1.82, 2.24) is 0 Å². The standard InChI is InChI=1S/C14H14BNO3/c17-15(18)11-5-1-2-6-12(11)16-9-10-19-14-8-4-3-7-13(14)16/h1-8,17-18H,9-10H2. The van der Waals surface area contributed by atoms with E-state index in [4.69, 9.17) is 4.74 Å². The molecule has 0 bridgehead atoms. The third kappa shape index (κ3) is 2.18. The van der Waals surface area contributed by atoms with Crippen molar-refractivity contribution in [2.24, 2.45) is 0 Å². The lowest BCUT2D eigenvalue weighted by molar-refractivity contribution is 0.314. The second-order valence-corrected chi connectivity index (χ2v) is 4.40. The minimum atomic E-state index is -1.48. The maximum atomic E-state index is 9.48. The zero-order valence-electron chi connectivity index (χ0n) is 10.4. The van der Waals surface area contributed by atoms with Crippen LogP contribution in [-0.2, 0) is 0 Å². The molecule has 0 fully saturated rings. The molecule has 4 nitrogen and oxygen atoms in total. The second kappa shape index (κ2) is 4.95. The topological polar surface area (TPSA) is 52.9 Å². The Morgan fingerprint density at radius 2 is 1.63 bits per heavy atom. The van der Waals surface area contributed by atoms with Crippen molar-refractivity contribution in [2.45, 2.75) is 0 Å². The molecule has 0 saturated carbocycles. The first-order valence-corrected chi connectivity index (χ1v) is 6.22. The van der Waals surface area contributed by atoms with E-state index in [2.05, 4.69) is 0 Å². The van der Waals surface area contributed by atoms with Gasteiger partial charge in [0.2, 0.25) is 0 Å². The molecule has 0 aliphatic carbocycles. The minimum Gasteiger partial charge on any atom is -0.490 e. The number of hydrogen-bond acceptors (Lipinski definition) is 4. The first kappa shape index (κ1) is 12.1. The SMILES string of the molecule is OB(O)c1ccccc1N1CCOc2ccccc21. The molecule has 1 heterocycles. The molecule has 1 aliphatic rings. The fraction of sp³-hybridized carbons (Fsp3) is 0.143. The number of benzene rings is 2. The number of nitrogens with zero attached hydrogens (tertiary/aromatic N) is 1. The van der Waals surface area contributed by atoms with Crippen LogP contribution in [0.4, 0.5) is 11.4 Å². The number of ether oxygens (including phenoxy) is 1. The summed E-state index contributed by atoms with van der Waals surface area (Å²) in [5.41, 5.74) is 2.24. The molecule has 2 N–H and O–H groups in total. The minimum absolute atomic E-state index is 0.499. The highest BCUT2D eigenvalue weighted by Crippen LogP contribution is 2.35. The summed E-state index contributed by atoms with van der Waals surface area (Å²) < 4.78 is 5.61. The van der Waals surface area contributed by atoms with E-state index in [9.17, 15) is 10.0 Å². The molecule has 0 unspecified atom stereocenters. The Labute approximate surface area is 112 Å². The first-order chi connectivity index (χ1) is 9.27. The van der Waals surface area contributed by atoms with Gasteiger partial charge in [-0.1, -0.05) is 30.3 Å². The molecule has 0 radical (unpaired) electrons. The summed E-state index contributed by atoms with van der Waals surface area (Å²) in [6, 6.07) is 15.0. The second-order valence-electron chi connectivity index (χ2n) is 4.40. The van der Waals surface area contributed by atoms with Crippen molar-refractivity contribution < 1.29 is 14.8 Å². The average molecular weight is 255 g/mol. The lowest BCUT2D eigenvalue weighted by Gasteiger charge is -2.32. The van der Waals surface area contributed by atoms with Crippen molar-refractivity contribution in [3.63, 3.8) is 0 Å². The zero-order chi connectivity index (χ0) is 13.2. The molecule has 0 spiro atoms. The van der Waals surface area contributed by atoms with Crippen LogP contribution in [0.25, 0.3) is 0 Å². The van der Waals surface area contributed by atoms with Gasteiger partial charge in [-0.25, -0.2) is 0 Å². The van der Waals surface area contributed by atoms with Gasteiger partial charge in [0.1, 0.15) is 12.4 Å². The van der Waals surface area contributed by atoms with Crippen LogP contribution < -0.4 is 15.1 Å². The lowest BCUT2D eigenvalue weighted by Crippen LogP contribution is -2.38. The van der Waals surface area contributed by atoms with Gasteiger partial charge in [-0.2, -0.15) is 0 Å². The fourth-order valence-corrected chi connectivity index (χ4v) is 2.37. The maximum Gasteiger partial charge on any atom is 0.490 e. The maximum absolute atomic E-state index is 9.48. The van der Waals surface area contributed by atoms with Crippen molar-refractivity contribution in [3.8, 4) is 5.75 Å². The van der Waals surface area contributed by atoms with Crippen LogP contribution in [0.1, 0.15) is 0 Å². The highest BCUT2D eigenvalue weighted by Gasteiger charge is 2.24. The molecular formula is C14H14BNO3. The van der Waals surface area contributed by atoms with E-state index in [1.54, 1.807) is 12.1 Å². The Hall–Kier alpha value is -1.98. The highest BCUT2D eigenvalue weighted by molar-refractivity contribution is 6.60. The van der Waals surface area contributed by atoms with Gasteiger partial charge >= 0.3 is 7.12 Å². The van der Waals surface area contributed by atoms with E-state index in [1.807, 2.05) is 41.3 Å². The highest BCUT2D eigenvalue weighted by atomic mass is 16.5. The molecule has 19 heavy (non-hydrogen) atoms. The predicted molar refractivity (Wildman–Crippen MR) is 75.2 cm³/mol. The zero-order valence-corrected chi connectivity index (χ0v) is 10.4. The van der Waals surface area contributed by atoms with Gasteiger partial charge in [0, 0.05) is 11.2 Å². The average Bonchev–Trinajstić information content (AvgIpc) is 2.46. The van der Waals surface area contributed by atoms with E-state index in [-0.39, 0.29) is 0 Å². The van der Waals surface area contributed by atoms with Gasteiger partial charge in [-0.15, -0.1) is 0 Å². The molecule has 0 amide bonds. The Balaban J connectivity index is 2.09. The smallest absolute Gasteiger partial charge is 0.490 e. The first-order valence-electron chi connectivity index (χ1n) is 6.22. The Morgan fingerprint density at radius 1 is 0.947 bits per heavy atom. The summed E-state index contributed by atoms with van der Waals surface area (Å²) in [6.45, 7) is 1.26. The van der Waals surface area contributed by atoms with Crippen molar-refractivity contribution in [1.29, 1.82) is 0 Å². The largest absolute Gasteiger partial charge is 0.490 e. The van der Waals surface area contributed by atoms with Crippen LogP contribution >= 0.6 is 0 Å². The molecule has 2 aromatic carbocycles. The van der Waals surface area contributed by atoms with E-state index in [0.29, 0.717) is 18.6 Å². The van der Waals surface area contributed by atoms with Crippen LogP contribution in [0, 0.1) is 0 Å². The number of hydrogen-bond donors (Lipinski definition) is 2. The Bertz CT molecular complexity index is 588. The van der Waals surface area contributed by atoms with Gasteiger partial charge in [-0.05, 0) is 18.2 Å². The van der Waals surface area contributed by atoms with E-state index in [0.717, 1.165) is 17.1 Å². The number of fused-ring (bicyclic) bond motifs is 1. The van der Waals surface area contributed by atoms with Gasteiger partial charge < -0.3 is 19.7 Å². The quantitative estimate of drug-likeness (QED) is 0.783. The summed E-state index contributed by atoms with van der Waals surface area (Å²) in [7, 11) is -1.48. The molecule has 0 atom stereocenters. The fourth-order valence-electron chi connectivity index (χ4n) is 2.37. The van der Waals surface area contributed by atoms with Crippen molar-refractivity contribution >= 4 is 24.0 Å². The van der Waals surface area contributed by atoms with E-state index in [1.165, 1.54) is 0 Å². The third-order valence-electron chi connectivity index (χ3n) is 3.23. The normalized spacial score (nSPS) is 13.7. The summed E-state index contributed by atoms with van der Waals surface area (Å²) in [6.07, 6.45) is 0. The molecule has 2 aromatic rings. The van der Waals surface area contributed by atoms with Crippen LogP contribution in [0.3, 0.4) is 0 Å². The third-order valence-corrected chi connectivity index (χ3v) is 3.23. The monoisotopic (exact) mass is 255 g/mol.